The molecule has 1 aromatic carbocycles. The third-order valence-electron chi connectivity index (χ3n) is 2.70. The van der Waals surface area contributed by atoms with Gasteiger partial charge in [0.25, 0.3) is 0 Å². The number of nitrogens with zero attached hydrogens (tertiary/aromatic N) is 2. The van der Waals surface area contributed by atoms with Crippen LogP contribution >= 0.6 is 0 Å². The second-order valence-corrected chi connectivity index (χ2v) is 4.74. The molecule has 1 amide bonds. The van der Waals surface area contributed by atoms with Crippen LogP contribution in [0.1, 0.15) is 25.3 Å². The van der Waals surface area contributed by atoms with Gasteiger partial charge in [0.1, 0.15) is 0 Å². The average molecular weight is 259 g/mol. The number of hydrogen-bond acceptors (Lipinski definition) is 4. The van der Waals surface area contributed by atoms with Crippen molar-refractivity contribution in [3.05, 3.63) is 35.7 Å². The van der Waals surface area contributed by atoms with Gasteiger partial charge in [0, 0.05) is 11.5 Å². The van der Waals surface area contributed by atoms with Gasteiger partial charge in [-0.3, -0.25) is 4.79 Å². The van der Waals surface area contributed by atoms with E-state index < -0.39 is 0 Å². The third-order valence-corrected chi connectivity index (χ3v) is 2.70. The van der Waals surface area contributed by atoms with E-state index in [9.17, 15) is 4.79 Å². The van der Waals surface area contributed by atoms with Crippen LogP contribution in [0.4, 0.5) is 0 Å². The molecule has 0 spiro atoms. The molecule has 0 aliphatic rings. The fourth-order valence-corrected chi connectivity index (χ4v) is 1.50. The molecule has 0 fully saturated rings. The Bertz CT molecular complexity index is 558. The van der Waals surface area contributed by atoms with Gasteiger partial charge in [0.05, 0.1) is 6.54 Å². The maximum absolute atomic E-state index is 11.4. The van der Waals surface area contributed by atoms with E-state index in [0.29, 0.717) is 11.8 Å². The first-order valence-electron chi connectivity index (χ1n) is 6.23. The van der Waals surface area contributed by atoms with Gasteiger partial charge in [-0.2, -0.15) is 0 Å². The second-order valence-electron chi connectivity index (χ2n) is 4.74. The largest absolute Gasteiger partial charge is 0.419 e. The Balaban J connectivity index is 2.03. The molecule has 19 heavy (non-hydrogen) atoms. The van der Waals surface area contributed by atoms with Gasteiger partial charge in [0.15, 0.2) is 0 Å². The molecule has 0 bridgehead atoms. The zero-order valence-corrected chi connectivity index (χ0v) is 11.3. The smallest absolute Gasteiger partial charge is 0.247 e. The minimum absolute atomic E-state index is 0.0323. The lowest BCUT2D eigenvalue weighted by molar-refractivity contribution is -0.124. The number of aryl methyl sites for hydroxylation is 1. The number of amides is 1. The Kier molecular flexibility index (Phi) is 3.94. The molecule has 0 saturated heterocycles. The lowest BCUT2D eigenvalue weighted by Crippen LogP contribution is -2.27. The number of carbonyl (C=O) groups is 1. The van der Waals surface area contributed by atoms with Gasteiger partial charge in [0.2, 0.25) is 17.7 Å². The van der Waals surface area contributed by atoms with E-state index in [4.69, 9.17) is 4.42 Å². The maximum Gasteiger partial charge on any atom is 0.247 e. The Morgan fingerprint density at radius 2 is 1.95 bits per heavy atom. The number of aromatic nitrogens is 2. The highest BCUT2D eigenvalue weighted by Gasteiger charge is 2.11. The molecule has 0 atom stereocenters. The molecule has 0 unspecified atom stereocenters. The fraction of sp³-hybridized carbons (Fsp3) is 0.357. The number of rotatable bonds is 4. The summed E-state index contributed by atoms with van der Waals surface area (Å²) in [5.74, 6) is 0.785. The van der Waals surface area contributed by atoms with Crippen molar-refractivity contribution in [2.75, 3.05) is 0 Å². The highest BCUT2D eigenvalue weighted by Crippen LogP contribution is 2.18. The van der Waals surface area contributed by atoms with Crippen molar-refractivity contribution < 1.29 is 9.21 Å². The highest BCUT2D eigenvalue weighted by molar-refractivity contribution is 5.77. The summed E-state index contributed by atoms with van der Waals surface area (Å²) in [5.41, 5.74) is 2.05. The second kappa shape index (κ2) is 5.65. The molecule has 0 saturated carbocycles. The van der Waals surface area contributed by atoms with E-state index in [1.165, 1.54) is 5.56 Å². The van der Waals surface area contributed by atoms with Crippen LogP contribution < -0.4 is 5.32 Å². The predicted molar refractivity (Wildman–Crippen MR) is 71.2 cm³/mol. The fourth-order valence-electron chi connectivity index (χ4n) is 1.50. The zero-order chi connectivity index (χ0) is 13.8. The van der Waals surface area contributed by atoms with Crippen LogP contribution in [0.15, 0.2) is 28.7 Å². The maximum atomic E-state index is 11.4. The molecule has 2 rings (SSSR count). The summed E-state index contributed by atoms with van der Waals surface area (Å²) in [6.07, 6.45) is 0. The summed E-state index contributed by atoms with van der Waals surface area (Å²) in [6, 6.07) is 7.83. The number of nitrogens with one attached hydrogen (secondary N) is 1. The lowest BCUT2D eigenvalue weighted by atomic mass is 10.1. The molecule has 1 aromatic heterocycles. The minimum atomic E-state index is -0.0560. The predicted octanol–water partition coefficient (Wildman–Crippen LogP) is 2.32. The van der Waals surface area contributed by atoms with Crippen LogP contribution in [-0.2, 0) is 11.3 Å². The summed E-state index contributed by atoms with van der Waals surface area (Å²) in [5, 5.41) is 10.6. The van der Waals surface area contributed by atoms with Gasteiger partial charge in [-0.25, -0.2) is 0 Å². The van der Waals surface area contributed by atoms with Crippen LogP contribution in [-0.4, -0.2) is 16.1 Å². The van der Waals surface area contributed by atoms with E-state index in [-0.39, 0.29) is 18.4 Å². The van der Waals surface area contributed by atoms with Crippen LogP contribution in [0.25, 0.3) is 11.5 Å². The van der Waals surface area contributed by atoms with Crippen molar-refractivity contribution in [3.63, 3.8) is 0 Å². The first-order valence-corrected chi connectivity index (χ1v) is 6.23. The third kappa shape index (κ3) is 3.40. The van der Waals surface area contributed by atoms with E-state index in [2.05, 4.69) is 15.5 Å². The monoisotopic (exact) mass is 259 g/mol. The summed E-state index contributed by atoms with van der Waals surface area (Å²) in [7, 11) is 0. The molecular formula is C14H17N3O2. The Hall–Kier alpha value is -2.17. The summed E-state index contributed by atoms with van der Waals surface area (Å²) in [4.78, 5) is 11.4. The van der Waals surface area contributed by atoms with E-state index in [1.54, 1.807) is 0 Å². The molecule has 1 heterocycles. The summed E-state index contributed by atoms with van der Waals surface area (Å²) >= 11 is 0. The van der Waals surface area contributed by atoms with Crippen LogP contribution in [0, 0.1) is 12.8 Å². The molecule has 0 aliphatic carbocycles. The molecule has 5 heteroatoms. The average Bonchev–Trinajstić information content (AvgIpc) is 2.85. The molecule has 1 N–H and O–H groups in total. The Morgan fingerprint density at radius 3 is 2.58 bits per heavy atom. The topological polar surface area (TPSA) is 68.0 Å². The molecular weight excluding hydrogens is 242 g/mol. The van der Waals surface area contributed by atoms with Crippen molar-refractivity contribution in [1.82, 2.24) is 15.5 Å². The standard InChI is InChI=1S/C14H17N3O2/c1-9(2)13(18)15-8-12-16-17-14(19-12)11-6-4-10(3)5-7-11/h4-7,9H,8H2,1-3H3,(H,15,18). The number of carbonyl (C=O) groups excluding carboxylic acids is 1. The SMILES string of the molecule is Cc1ccc(-c2nnc(CNC(=O)C(C)C)o2)cc1. The summed E-state index contributed by atoms with van der Waals surface area (Å²) < 4.78 is 5.50. The van der Waals surface area contributed by atoms with Gasteiger partial charge in [-0.1, -0.05) is 31.5 Å². The quantitative estimate of drug-likeness (QED) is 0.914. The van der Waals surface area contributed by atoms with Crippen molar-refractivity contribution in [2.45, 2.75) is 27.3 Å². The first kappa shape index (κ1) is 13.3. The van der Waals surface area contributed by atoms with Crippen molar-refractivity contribution in [3.8, 4) is 11.5 Å². The van der Waals surface area contributed by atoms with Gasteiger partial charge < -0.3 is 9.73 Å². The van der Waals surface area contributed by atoms with Crippen LogP contribution in [0.3, 0.4) is 0 Å². The van der Waals surface area contributed by atoms with E-state index in [1.807, 2.05) is 45.0 Å². The molecule has 5 nitrogen and oxygen atoms in total. The number of benzene rings is 1. The Morgan fingerprint density at radius 1 is 1.26 bits per heavy atom. The van der Waals surface area contributed by atoms with E-state index in [0.717, 1.165) is 5.56 Å². The van der Waals surface area contributed by atoms with Crippen molar-refractivity contribution in [1.29, 1.82) is 0 Å². The molecule has 100 valence electrons. The molecule has 0 radical (unpaired) electrons. The molecule has 0 aliphatic heterocycles. The summed E-state index contributed by atoms with van der Waals surface area (Å²) in [6.45, 7) is 5.95. The zero-order valence-electron chi connectivity index (χ0n) is 11.3. The van der Waals surface area contributed by atoms with Gasteiger partial charge >= 0.3 is 0 Å². The normalized spacial score (nSPS) is 10.7. The number of hydrogen-bond donors (Lipinski definition) is 1. The Labute approximate surface area is 112 Å². The van der Waals surface area contributed by atoms with Gasteiger partial charge in [-0.15, -0.1) is 10.2 Å². The van der Waals surface area contributed by atoms with E-state index >= 15 is 0 Å². The van der Waals surface area contributed by atoms with Gasteiger partial charge in [-0.05, 0) is 19.1 Å². The minimum Gasteiger partial charge on any atom is -0.419 e. The van der Waals surface area contributed by atoms with Crippen molar-refractivity contribution in [2.24, 2.45) is 5.92 Å². The van der Waals surface area contributed by atoms with Crippen LogP contribution in [0.5, 0.6) is 0 Å². The lowest BCUT2D eigenvalue weighted by Gasteiger charge is -2.04. The highest BCUT2D eigenvalue weighted by atomic mass is 16.4. The van der Waals surface area contributed by atoms with Crippen molar-refractivity contribution >= 4 is 5.91 Å². The van der Waals surface area contributed by atoms with Crippen LogP contribution in [0.2, 0.25) is 0 Å². The first-order chi connectivity index (χ1) is 9.06. The molecule has 2 aromatic rings.